The molecule has 0 saturated carbocycles. The van der Waals surface area contributed by atoms with Crippen LogP contribution in [-0.4, -0.2) is 17.9 Å². The van der Waals surface area contributed by atoms with Gasteiger partial charge < -0.3 is 10.6 Å². The lowest BCUT2D eigenvalue weighted by molar-refractivity contribution is -0.138. The SMILES string of the molecule is CC(=O)N[C@@H](C(=O)Nc1ccc(Br)c(C(F)(F)F)c1)C(C)C. The molecule has 0 fully saturated rings. The molecule has 0 heterocycles. The highest BCUT2D eigenvalue weighted by Crippen LogP contribution is 2.36. The number of halogens is 4. The van der Waals surface area contributed by atoms with E-state index in [4.69, 9.17) is 0 Å². The fraction of sp³-hybridized carbons (Fsp3) is 0.429. The highest BCUT2D eigenvalue weighted by Gasteiger charge is 2.33. The number of nitrogens with one attached hydrogen (secondary N) is 2. The van der Waals surface area contributed by atoms with Crippen LogP contribution < -0.4 is 10.6 Å². The van der Waals surface area contributed by atoms with Gasteiger partial charge in [-0.25, -0.2) is 0 Å². The summed E-state index contributed by atoms with van der Waals surface area (Å²) in [7, 11) is 0. The molecule has 2 amide bonds. The molecular formula is C14H16BrF3N2O2. The van der Waals surface area contributed by atoms with Crippen LogP contribution in [0.25, 0.3) is 0 Å². The Morgan fingerprint density at radius 1 is 1.23 bits per heavy atom. The zero-order valence-corrected chi connectivity index (χ0v) is 13.8. The third-order valence-electron chi connectivity index (χ3n) is 2.85. The van der Waals surface area contributed by atoms with Crippen molar-refractivity contribution in [3.05, 3.63) is 28.2 Å². The van der Waals surface area contributed by atoms with E-state index in [1.807, 2.05) is 0 Å². The summed E-state index contributed by atoms with van der Waals surface area (Å²) in [5.74, 6) is -1.16. The first-order valence-electron chi connectivity index (χ1n) is 6.47. The van der Waals surface area contributed by atoms with E-state index in [1.54, 1.807) is 13.8 Å². The Bertz CT molecular complexity index is 574. The quantitative estimate of drug-likeness (QED) is 0.838. The molecular weight excluding hydrogens is 365 g/mol. The third kappa shape index (κ3) is 5.01. The molecule has 0 saturated heterocycles. The van der Waals surface area contributed by atoms with Crippen LogP contribution in [0.15, 0.2) is 22.7 Å². The summed E-state index contributed by atoms with van der Waals surface area (Å²) >= 11 is 2.83. The molecule has 122 valence electrons. The van der Waals surface area contributed by atoms with Crippen molar-refractivity contribution in [2.75, 3.05) is 5.32 Å². The number of carbonyl (C=O) groups is 2. The Kier molecular flexibility index (Phi) is 5.99. The molecule has 0 radical (unpaired) electrons. The maximum Gasteiger partial charge on any atom is 0.417 e. The van der Waals surface area contributed by atoms with Crippen LogP contribution in [0.5, 0.6) is 0 Å². The van der Waals surface area contributed by atoms with Crippen molar-refractivity contribution in [3.8, 4) is 0 Å². The molecule has 0 spiro atoms. The van der Waals surface area contributed by atoms with Crippen molar-refractivity contribution < 1.29 is 22.8 Å². The first kappa shape index (κ1) is 18.5. The first-order valence-corrected chi connectivity index (χ1v) is 7.26. The van der Waals surface area contributed by atoms with E-state index in [0.717, 1.165) is 6.07 Å². The zero-order valence-electron chi connectivity index (χ0n) is 12.2. The van der Waals surface area contributed by atoms with Crippen LogP contribution in [0.1, 0.15) is 26.3 Å². The van der Waals surface area contributed by atoms with Gasteiger partial charge in [0, 0.05) is 17.1 Å². The molecule has 1 rings (SSSR count). The number of anilines is 1. The minimum Gasteiger partial charge on any atom is -0.344 e. The molecule has 0 aliphatic rings. The Balaban J connectivity index is 2.99. The lowest BCUT2D eigenvalue weighted by atomic mass is 10.0. The van der Waals surface area contributed by atoms with Gasteiger partial charge in [0.15, 0.2) is 0 Å². The minimum atomic E-state index is -4.53. The topological polar surface area (TPSA) is 58.2 Å². The second kappa shape index (κ2) is 7.13. The smallest absolute Gasteiger partial charge is 0.344 e. The van der Waals surface area contributed by atoms with Crippen LogP contribution in [0.4, 0.5) is 18.9 Å². The van der Waals surface area contributed by atoms with Gasteiger partial charge in [-0.1, -0.05) is 29.8 Å². The third-order valence-corrected chi connectivity index (χ3v) is 3.54. The lowest BCUT2D eigenvalue weighted by Crippen LogP contribution is -2.46. The van der Waals surface area contributed by atoms with Gasteiger partial charge in [-0.2, -0.15) is 13.2 Å². The van der Waals surface area contributed by atoms with Gasteiger partial charge in [0.1, 0.15) is 6.04 Å². The fourth-order valence-electron chi connectivity index (χ4n) is 1.79. The highest BCUT2D eigenvalue weighted by atomic mass is 79.9. The van der Waals surface area contributed by atoms with Crippen molar-refractivity contribution in [3.63, 3.8) is 0 Å². The minimum absolute atomic E-state index is 0.0107. The van der Waals surface area contributed by atoms with Crippen molar-refractivity contribution in [1.82, 2.24) is 5.32 Å². The zero-order chi connectivity index (χ0) is 17.1. The van der Waals surface area contributed by atoms with Crippen LogP contribution in [-0.2, 0) is 15.8 Å². The van der Waals surface area contributed by atoms with E-state index in [-0.39, 0.29) is 22.0 Å². The Labute approximate surface area is 134 Å². The van der Waals surface area contributed by atoms with Crippen molar-refractivity contribution in [1.29, 1.82) is 0 Å². The molecule has 0 bridgehead atoms. The van der Waals surface area contributed by atoms with Gasteiger partial charge in [0.05, 0.1) is 5.56 Å². The van der Waals surface area contributed by atoms with E-state index in [0.29, 0.717) is 0 Å². The second-order valence-electron chi connectivity index (χ2n) is 5.10. The molecule has 0 aliphatic heterocycles. The van der Waals surface area contributed by atoms with Gasteiger partial charge >= 0.3 is 6.18 Å². The number of alkyl halides is 3. The average Bonchev–Trinajstić information content (AvgIpc) is 2.36. The first-order chi connectivity index (χ1) is 10.0. The van der Waals surface area contributed by atoms with E-state index in [9.17, 15) is 22.8 Å². The highest BCUT2D eigenvalue weighted by molar-refractivity contribution is 9.10. The molecule has 0 aliphatic carbocycles. The van der Waals surface area contributed by atoms with Crippen LogP contribution >= 0.6 is 15.9 Å². The van der Waals surface area contributed by atoms with E-state index >= 15 is 0 Å². The predicted octanol–water partition coefficient (Wildman–Crippen LogP) is 3.57. The summed E-state index contributed by atoms with van der Waals surface area (Å²) in [6, 6.07) is 2.58. The van der Waals surface area contributed by atoms with Crippen molar-refractivity contribution >= 4 is 33.4 Å². The molecule has 22 heavy (non-hydrogen) atoms. The van der Waals surface area contributed by atoms with Crippen molar-refractivity contribution in [2.45, 2.75) is 33.0 Å². The summed E-state index contributed by atoms with van der Waals surface area (Å²) in [5.41, 5.74) is -0.873. The van der Waals surface area contributed by atoms with Crippen molar-refractivity contribution in [2.24, 2.45) is 5.92 Å². The average molecular weight is 381 g/mol. The van der Waals surface area contributed by atoms with Gasteiger partial charge in [0.25, 0.3) is 0 Å². The van der Waals surface area contributed by atoms with E-state index in [1.165, 1.54) is 19.1 Å². The largest absolute Gasteiger partial charge is 0.417 e. The number of hydrogen-bond donors (Lipinski definition) is 2. The molecule has 1 aromatic carbocycles. The summed E-state index contributed by atoms with van der Waals surface area (Å²) < 4.78 is 38.4. The molecule has 1 atom stereocenters. The van der Waals surface area contributed by atoms with E-state index in [2.05, 4.69) is 26.6 Å². The molecule has 4 nitrogen and oxygen atoms in total. The predicted molar refractivity (Wildman–Crippen MR) is 80.2 cm³/mol. The Hall–Kier alpha value is -1.57. The number of amides is 2. The van der Waals surface area contributed by atoms with Gasteiger partial charge in [-0.15, -0.1) is 0 Å². The monoisotopic (exact) mass is 380 g/mol. The van der Waals surface area contributed by atoms with Crippen LogP contribution in [0.2, 0.25) is 0 Å². The Morgan fingerprint density at radius 2 is 1.82 bits per heavy atom. The van der Waals surface area contributed by atoms with Gasteiger partial charge in [-0.05, 0) is 24.1 Å². The van der Waals surface area contributed by atoms with Crippen LogP contribution in [0, 0.1) is 5.92 Å². The maximum absolute atomic E-state index is 12.8. The summed E-state index contributed by atoms with van der Waals surface area (Å²) in [4.78, 5) is 23.2. The molecule has 0 aromatic heterocycles. The summed E-state index contributed by atoms with van der Waals surface area (Å²) in [5, 5.41) is 4.87. The van der Waals surface area contributed by atoms with Gasteiger partial charge in [-0.3, -0.25) is 9.59 Å². The van der Waals surface area contributed by atoms with Gasteiger partial charge in [0.2, 0.25) is 11.8 Å². The lowest BCUT2D eigenvalue weighted by Gasteiger charge is -2.21. The molecule has 2 N–H and O–H groups in total. The summed E-state index contributed by atoms with van der Waals surface area (Å²) in [6.45, 7) is 4.72. The normalized spacial score (nSPS) is 12.9. The number of carbonyl (C=O) groups excluding carboxylic acids is 2. The number of rotatable bonds is 4. The molecule has 0 unspecified atom stereocenters. The van der Waals surface area contributed by atoms with E-state index < -0.39 is 23.7 Å². The standard InChI is InChI=1S/C14H16BrF3N2O2/c1-7(2)12(19-8(3)21)13(22)20-9-4-5-11(15)10(6-9)14(16,17)18/h4-7,12H,1-3H3,(H,19,21)(H,20,22)/t12-/m1/s1. The Morgan fingerprint density at radius 3 is 2.27 bits per heavy atom. The molecule has 1 aromatic rings. The number of benzene rings is 1. The number of hydrogen-bond acceptors (Lipinski definition) is 2. The summed E-state index contributed by atoms with van der Waals surface area (Å²) in [6.07, 6.45) is -4.53. The maximum atomic E-state index is 12.8. The molecule has 8 heteroatoms. The van der Waals surface area contributed by atoms with Crippen LogP contribution in [0.3, 0.4) is 0 Å². The fourth-order valence-corrected chi connectivity index (χ4v) is 2.27. The second-order valence-corrected chi connectivity index (χ2v) is 5.96.